The van der Waals surface area contributed by atoms with Crippen LogP contribution in [0.15, 0.2) is 24.3 Å². The molecule has 0 bridgehead atoms. The molecule has 0 aromatic heterocycles. The van der Waals surface area contributed by atoms with E-state index in [4.69, 9.17) is 11.6 Å². The van der Waals surface area contributed by atoms with Gasteiger partial charge in [-0.05, 0) is 25.0 Å². The van der Waals surface area contributed by atoms with E-state index >= 15 is 0 Å². The van der Waals surface area contributed by atoms with E-state index in [9.17, 15) is 13.2 Å². The van der Waals surface area contributed by atoms with E-state index in [1.165, 1.54) is 6.92 Å². The highest BCUT2D eigenvalue weighted by Gasteiger charge is 2.20. The molecule has 0 spiro atoms. The Kier molecular flexibility index (Phi) is 6.45. The van der Waals surface area contributed by atoms with Crippen molar-refractivity contribution in [2.45, 2.75) is 32.1 Å². The van der Waals surface area contributed by atoms with Crippen molar-refractivity contribution >= 4 is 27.5 Å². The van der Waals surface area contributed by atoms with Crippen LogP contribution >= 0.6 is 11.6 Å². The van der Waals surface area contributed by atoms with E-state index in [1.54, 1.807) is 24.3 Å². The van der Waals surface area contributed by atoms with Crippen LogP contribution in [-0.4, -0.2) is 26.9 Å². The molecular formula is C13H19ClN2O3S. The Labute approximate surface area is 124 Å². The number of benzene rings is 1. The SMILES string of the molecule is CCCNC(=O)C(C)NS(=O)(=O)Cc1ccccc1Cl. The smallest absolute Gasteiger partial charge is 0.237 e. The van der Waals surface area contributed by atoms with Gasteiger partial charge in [0.2, 0.25) is 15.9 Å². The van der Waals surface area contributed by atoms with Crippen LogP contribution in [0.1, 0.15) is 25.8 Å². The number of rotatable bonds is 7. The maximum Gasteiger partial charge on any atom is 0.237 e. The summed E-state index contributed by atoms with van der Waals surface area (Å²) < 4.78 is 26.3. The standard InChI is InChI=1S/C13H19ClN2O3S/c1-3-8-15-13(17)10(2)16-20(18,19)9-11-6-4-5-7-12(11)14/h4-7,10,16H,3,8-9H2,1-2H3,(H,15,17). The molecule has 1 rings (SSSR count). The quantitative estimate of drug-likeness (QED) is 0.803. The molecule has 20 heavy (non-hydrogen) atoms. The van der Waals surface area contributed by atoms with Crippen LogP contribution in [0.2, 0.25) is 5.02 Å². The molecule has 0 aliphatic rings. The molecule has 0 heterocycles. The lowest BCUT2D eigenvalue weighted by atomic mass is 10.2. The van der Waals surface area contributed by atoms with Gasteiger partial charge in [-0.3, -0.25) is 4.79 Å². The Bertz CT molecular complexity index is 560. The fraction of sp³-hybridized carbons (Fsp3) is 0.462. The maximum absolute atomic E-state index is 12.0. The maximum atomic E-state index is 12.0. The summed E-state index contributed by atoms with van der Waals surface area (Å²) in [6, 6.07) is 5.91. The second-order valence-corrected chi connectivity index (χ2v) is 6.64. The lowest BCUT2D eigenvalue weighted by Crippen LogP contribution is -2.45. The molecule has 1 amide bonds. The predicted molar refractivity (Wildman–Crippen MR) is 80.0 cm³/mol. The van der Waals surface area contributed by atoms with E-state index in [0.717, 1.165) is 6.42 Å². The topological polar surface area (TPSA) is 75.3 Å². The molecular weight excluding hydrogens is 300 g/mol. The molecule has 112 valence electrons. The highest BCUT2D eigenvalue weighted by atomic mass is 35.5. The van der Waals surface area contributed by atoms with Crippen molar-refractivity contribution in [3.63, 3.8) is 0 Å². The van der Waals surface area contributed by atoms with E-state index in [-0.39, 0.29) is 11.7 Å². The Morgan fingerprint density at radius 1 is 1.35 bits per heavy atom. The van der Waals surface area contributed by atoms with Gasteiger partial charge in [0.15, 0.2) is 0 Å². The molecule has 0 fully saturated rings. The van der Waals surface area contributed by atoms with Gasteiger partial charge in [-0.15, -0.1) is 0 Å². The van der Waals surface area contributed by atoms with Crippen LogP contribution in [0.4, 0.5) is 0 Å². The zero-order chi connectivity index (χ0) is 15.2. The van der Waals surface area contributed by atoms with Crippen LogP contribution in [0.3, 0.4) is 0 Å². The summed E-state index contributed by atoms with van der Waals surface area (Å²) in [7, 11) is -3.62. The second kappa shape index (κ2) is 7.61. The summed E-state index contributed by atoms with van der Waals surface area (Å²) in [6.07, 6.45) is 0.796. The minimum Gasteiger partial charge on any atom is -0.355 e. The van der Waals surface area contributed by atoms with Gasteiger partial charge >= 0.3 is 0 Å². The zero-order valence-corrected chi connectivity index (χ0v) is 13.1. The number of sulfonamides is 1. The Balaban J connectivity index is 2.66. The van der Waals surface area contributed by atoms with Gasteiger partial charge in [-0.25, -0.2) is 13.1 Å². The molecule has 0 aliphatic carbocycles. The van der Waals surface area contributed by atoms with Gasteiger partial charge in [-0.2, -0.15) is 0 Å². The fourth-order valence-electron chi connectivity index (χ4n) is 1.59. The van der Waals surface area contributed by atoms with Crippen molar-refractivity contribution in [2.24, 2.45) is 0 Å². The van der Waals surface area contributed by atoms with Crippen molar-refractivity contribution in [3.8, 4) is 0 Å². The number of hydrogen-bond donors (Lipinski definition) is 2. The molecule has 1 aromatic carbocycles. The number of amides is 1. The largest absolute Gasteiger partial charge is 0.355 e. The first-order chi connectivity index (χ1) is 9.35. The first-order valence-corrected chi connectivity index (χ1v) is 8.40. The van der Waals surface area contributed by atoms with E-state index in [2.05, 4.69) is 10.0 Å². The van der Waals surface area contributed by atoms with Crippen LogP contribution < -0.4 is 10.0 Å². The van der Waals surface area contributed by atoms with E-state index < -0.39 is 16.1 Å². The molecule has 7 heteroatoms. The highest BCUT2D eigenvalue weighted by molar-refractivity contribution is 7.88. The van der Waals surface area contributed by atoms with Crippen molar-refractivity contribution in [1.82, 2.24) is 10.0 Å². The van der Waals surface area contributed by atoms with Gasteiger partial charge in [0.25, 0.3) is 0 Å². The summed E-state index contributed by atoms with van der Waals surface area (Å²) in [6.45, 7) is 3.96. The molecule has 1 unspecified atom stereocenters. The van der Waals surface area contributed by atoms with Crippen molar-refractivity contribution in [1.29, 1.82) is 0 Å². The number of hydrogen-bond acceptors (Lipinski definition) is 3. The molecule has 1 atom stereocenters. The summed E-state index contributed by atoms with van der Waals surface area (Å²) in [4.78, 5) is 11.6. The van der Waals surface area contributed by atoms with Crippen molar-refractivity contribution in [2.75, 3.05) is 6.54 Å². The second-order valence-electron chi connectivity index (χ2n) is 4.48. The Hall–Kier alpha value is -1.11. The van der Waals surface area contributed by atoms with Crippen molar-refractivity contribution < 1.29 is 13.2 Å². The summed E-state index contributed by atoms with van der Waals surface area (Å²) in [5, 5.41) is 3.03. The third kappa shape index (κ3) is 5.48. The molecule has 0 aliphatic heterocycles. The van der Waals surface area contributed by atoms with Gasteiger partial charge in [0, 0.05) is 11.6 Å². The fourth-order valence-corrected chi connectivity index (χ4v) is 3.26. The van der Waals surface area contributed by atoms with Crippen molar-refractivity contribution in [3.05, 3.63) is 34.9 Å². The molecule has 2 N–H and O–H groups in total. The lowest BCUT2D eigenvalue weighted by Gasteiger charge is -2.14. The summed E-state index contributed by atoms with van der Waals surface area (Å²) in [5.74, 6) is -0.590. The molecule has 0 saturated heterocycles. The van der Waals surface area contributed by atoms with Crippen LogP contribution in [0, 0.1) is 0 Å². The zero-order valence-electron chi connectivity index (χ0n) is 11.5. The molecule has 1 aromatic rings. The minimum absolute atomic E-state index is 0.252. The highest BCUT2D eigenvalue weighted by Crippen LogP contribution is 2.17. The number of carbonyl (C=O) groups is 1. The Morgan fingerprint density at radius 2 is 2.00 bits per heavy atom. The van der Waals surface area contributed by atoms with Crippen LogP contribution in [0.25, 0.3) is 0 Å². The van der Waals surface area contributed by atoms with Gasteiger partial charge in [0.05, 0.1) is 11.8 Å². The summed E-state index contributed by atoms with van der Waals surface area (Å²) in [5.41, 5.74) is 0.503. The first kappa shape index (κ1) is 16.9. The average molecular weight is 319 g/mol. The average Bonchev–Trinajstić information content (AvgIpc) is 2.37. The Morgan fingerprint density at radius 3 is 2.60 bits per heavy atom. The van der Waals surface area contributed by atoms with Gasteiger partial charge in [-0.1, -0.05) is 36.7 Å². The third-order valence-corrected chi connectivity index (χ3v) is 4.37. The lowest BCUT2D eigenvalue weighted by molar-refractivity contribution is -0.122. The minimum atomic E-state index is -3.62. The predicted octanol–water partition coefficient (Wildman–Crippen LogP) is 1.67. The third-order valence-electron chi connectivity index (χ3n) is 2.60. The monoisotopic (exact) mass is 318 g/mol. The number of carbonyl (C=O) groups excluding carboxylic acids is 1. The molecule has 5 nitrogen and oxygen atoms in total. The molecule has 0 saturated carbocycles. The van der Waals surface area contributed by atoms with E-state index in [0.29, 0.717) is 17.1 Å². The molecule has 0 radical (unpaired) electrons. The van der Waals surface area contributed by atoms with Crippen LogP contribution in [0.5, 0.6) is 0 Å². The number of nitrogens with one attached hydrogen (secondary N) is 2. The first-order valence-electron chi connectivity index (χ1n) is 6.37. The summed E-state index contributed by atoms with van der Waals surface area (Å²) >= 11 is 5.93. The van der Waals surface area contributed by atoms with E-state index in [1.807, 2.05) is 6.92 Å². The normalized spacial score (nSPS) is 12.9. The number of halogens is 1. The van der Waals surface area contributed by atoms with Gasteiger partial charge < -0.3 is 5.32 Å². The van der Waals surface area contributed by atoms with Crippen LogP contribution in [-0.2, 0) is 20.6 Å². The van der Waals surface area contributed by atoms with Gasteiger partial charge in [0.1, 0.15) is 0 Å².